The molecule has 0 radical (unpaired) electrons. The molecule has 0 aliphatic carbocycles. The van der Waals surface area contributed by atoms with Gasteiger partial charge in [-0.05, 0) is 65.8 Å². The van der Waals surface area contributed by atoms with Gasteiger partial charge in [0.15, 0.2) is 0 Å². The van der Waals surface area contributed by atoms with Gasteiger partial charge in [0.25, 0.3) is 0 Å². The highest BCUT2D eigenvalue weighted by Gasteiger charge is 2.03. The molecule has 0 amide bonds. The number of halogens is 2. The number of benzene rings is 3. The summed E-state index contributed by atoms with van der Waals surface area (Å²) in [6.07, 6.45) is 2.96. The first-order valence-electron chi connectivity index (χ1n) is 8.97. The van der Waals surface area contributed by atoms with Crippen molar-refractivity contribution >= 4 is 0 Å². The first kappa shape index (κ1) is 18.3. The summed E-state index contributed by atoms with van der Waals surface area (Å²) in [4.78, 5) is 0. The molecule has 0 heterocycles. The summed E-state index contributed by atoms with van der Waals surface area (Å²) in [5.41, 5.74) is 4.86. The molecule has 0 saturated heterocycles. The molecule has 0 aliphatic rings. The van der Waals surface area contributed by atoms with E-state index in [0.29, 0.717) is 6.54 Å². The molecule has 0 atom stereocenters. The molecular formula is C23H23F2N. The van der Waals surface area contributed by atoms with Crippen LogP contribution in [0.4, 0.5) is 8.78 Å². The Kier molecular flexibility index (Phi) is 6.50. The Morgan fingerprint density at radius 3 is 1.81 bits per heavy atom. The van der Waals surface area contributed by atoms with Crippen LogP contribution in [-0.2, 0) is 25.9 Å². The van der Waals surface area contributed by atoms with Crippen LogP contribution in [0.25, 0.3) is 0 Å². The molecule has 1 nitrogen and oxygen atoms in total. The molecule has 134 valence electrons. The van der Waals surface area contributed by atoms with Crippen LogP contribution in [0.1, 0.15) is 28.7 Å². The van der Waals surface area contributed by atoms with E-state index in [1.807, 2.05) is 12.1 Å². The molecule has 0 fully saturated rings. The predicted octanol–water partition coefficient (Wildman–Crippen LogP) is 5.43. The summed E-state index contributed by atoms with van der Waals surface area (Å²) in [5.74, 6) is -0.397. The Balaban J connectivity index is 1.50. The van der Waals surface area contributed by atoms with Crippen molar-refractivity contribution in [1.29, 1.82) is 0 Å². The minimum Gasteiger partial charge on any atom is -0.309 e. The van der Waals surface area contributed by atoms with Gasteiger partial charge in [-0.15, -0.1) is 0 Å². The summed E-state index contributed by atoms with van der Waals surface area (Å²) in [6, 6.07) is 21.7. The van der Waals surface area contributed by atoms with Crippen LogP contribution in [0, 0.1) is 11.6 Å². The first-order valence-corrected chi connectivity index (χ1v) is 8.97. The van der Waals surface area contributed by atoms with Crippen molar-refractivity contribution in [2.24, 2.45) is 0 Å². The van der Waals surface area contributed by atoms with Crippen molar-refractivity contribution in [3.63, 3.8) is 0 Å². The third-order valence-electron chi connectivity index (χ3n) is 4.50. The van der Waals surface area contributed by atoms with Gasteiger partial charge in [-0.2, -0.15) is 0 Å². The largest absolute Gasteiger partial charge is 0.309 e. The zero-order valence-corrected chi connectivity index (χ0v) is 14.7. The smallest absolute Gasteiger partial charge is 0.123 e. The Morgan fingerprint density at radius 1 is 0.577 bits per heavy atom. The molecule has 0 bridgehead atoms. The van der Waals surface area contributed by atoms with E-state index in [4.69, 9.17) is 0 Å². The lowest BCUT2D eigenvalue weighted by molar-refractivity contribution is 0.624. The standard InChI is InChI=1S/C23H23F2N/c24-22-12-8-18(9-13-22)4-3-7-20-5-1-2-6-21(20)17-26-16-19-10-14-23(25)15-11-19/h1-2,5-6,8-15,26H,3-4,7,16-17H2. The van der Waals surface area contributed by atoms with Gasteiger partial charge in [0.1, 0.15) is 11.6 Å². The summed E-state index contributed by atoms with van der Waals surface area (Å²) < 4.78 is 25.9. The minimum atomic E-state index is -0.208. The van der Waals surface area contributed by atoms with Crippen molar-refractivity contribution in [1.82, 2.24) is 5.32 Å². The van der Waals surface area contributed by atoms with Gasteiger partial charge in [-0.25, -0.2) is 8.78 Å². The lowest BCUT2D eigenvalue weighted by atomic mass is 9.99. The zero-order chi connectivity index (χ0) is 18.2. The van der Waals surface area contributed by atoms with Crippen LogP contribution >= 0.6 is 0 Å². The van der Waals surface area contributed by atoms with E-state index in [0.717, 1.165) is 31.4 Å². The number of aryl methyl sites for hydroxylation is 2. The molecular weight excluding hydrogens is 328 g/mol. The highest BCUT2D eigenvalue weighted by atomic mass is 19.1. The van der Waals surface area contributed by atoms with E-state index in [-0.39, 0.29) is 11.6 Å². The molecule has 0 spiro atoms. The first-order chi connectivity index (χ1) is 12.7. The van der Waals surface area contributed by atoms with Gasteiger partial charge in [-0.3, -0.25) is 0 Å². The maximum Gasteiger partial charge on any atom is 0.123 e. The predicted molar refractivity (Wildman–Crippen MR) is 102 cm³/mol. The number of hydrogen-bond acceptors (Lipinski definition) is 1. The highest BCUT2D eigenvalue weighted by molar-refractivity contribution is 5.28. The molecule has 3 rings (SSSR count). The van der Waals surface area contributed by atoms with Crippen molar-refractivity contribution in [2.75, 3.05) is 0 Å². The van der Waals surface area contributed by atoms with E-state index < -0.39 is 0 Å². The van der Waals surface area contributed by atoms with E-state index >= 15 is 0 Å². The molecule has 0 saturated carbocycles. The Morgan fingerprint density at radius 2 is 1.15 bits per heavy atom. The van der Waals surface area contributed by atoms with Crippen molar-refractivity contribution in [3.05, 3.63) is 107 Å². The van der Waals surface area contributed by atoms with E-state index in [1.54, 1.807) is 12.1 Å². The fourth-order valence-corrected chi connectivity index (χ4v) is 3.05. The second-order valence-electron chi connectivity index (χ2n) is 6.48. The molecule has 3 aromatic carbocycles. The summed E-state index contributed by atoms with van der Waals surface area (Å²) in [5, 5.41) is 3.43. The van der Waals surface area contributed by atoms with Crippen LogP contribution < -0.4 is 5.32 Å². The summed E-state index contributed by atoms with van der Waals surface area (Å²) in [7, 11) is 0. The van der Waals surface area contributed by atoms with Crippen molar-refractivity contribution in [3.8, 4) is 0 Å². The second kappa shape index (κ2) is 9.25. The molecule has 3 heteroatoms. The number of nitrogens with one attached hydrogen (secondary N) is 1. The molecule has 1 N–H and O–H groups in total. The third kappa shape index (κ3) is 5.50. The van der Waals surface area contributed by atoms with Gasteiger partial charge in [0.2, 0.25) is 0 Å². The Labute approximate surface area is 153 Å². The molecule has 0 aromatic heterocycles. The van der Waals surface area contributed by atoms with Crippen LogP contribution in [0.3, 0.4) is 0 Å². The Bertz CT molecular complexity index is 740. The SMILES string of the molecule is Fc1ccc(CCCc2ccccc2CNCc2ccc(F)cc2)cc1. The fourth-order valence-electron chi connectivity index (χ4n) is 3.05. The number of hydrogen-bond donors (Lipinski definition) is 1. The maximum absolute atomic E-state index is 13.0. The van der Waals surface area contributed by atoms with E-state index in [9.17, 15) is 8.78 Å². The van der Waals surface area contributed by atoms with Crippen LogP contribution in [0.5, 0.6) is 0 Å². The second-order valence-corrected chi connectivity index (χ2v) is 6.48. The average Bonchev–Trinajstić information content (AvgIpc) is 2.66. The fraction of sp³-hybridized carbons (Fsp3) is 0.217. The van der Waals surface area contributed by atoms with Gasteiger partial charge in [0, 0.05) is 13.1 Å². The molecule has 0 aliphatic heterocycles. The van der Waals surface area contributed by atoms with Gasteiger partial charge in [-0.1, -0.05) is 48.5 Å². The van der Waals surface area contributed by atoms with Crippen molar-refractivity contribution < 1.29 is 8.78 Å². The monoisotopic (exact) mass is 351 g/mol. The molecule has 3 aromatic rings. The Hall–Kier alpha value is -2.52. The van der Waals surface area contributed by atoms with Gasteiger partial charge in [0.05, 0.1) is 0 Å². The summed E-state index contributed by atoms with van der Waals surface area (Å²) in [6.45, 7) is 1.49. The normalized spacial score (nSPS) is 10.8. The van der Waals surface area contributed by atoms with Gasteiger partial charge < -0.3 is 5.32 Å². The molecule has 0 unspecified atom stereocenters. The molecule has 26 heavy (non-hydrogen) atoms. The quantitative estimate of drug-likeness (QED) is 0.571. The number of rotatable bonds is 8. The van der Waals surface area contributed by atoms with E-state index in [2.05, 4.69) is 29.6 Å². The van der Waals surface area contributed by atoms with Crippen molar-refractivity contribution in [2.45, 2.75) is 32.4 Å². The van der Waals surface area contributed by atoms with Crippen LogP contribution in [-0.4, -0.2) is 0 Å². The van der Waals surface area contributed by atoms with Gasteiger partial charge >= 0.3 is 0 Å². The topological polar surface area (TPSA) is 12.0 Å². The lowest BCUT2D eigenvalue weighted by Gasteiger charge is -2.11. The maximum atomic E-state index is 13.0. The average molecular weight is 351 g/mol. The summed E-state index contributed by atoms with van der Waals surface area (Å²) >= 11 is 0. The van der Waals surface area contributed by atoms with Crippen LogP contribution in [0.15, 0.2) is 72.8 Å². The van der Waals surface area contributed by atoms with Crippen LogP contribution in [0.2, 0.25) is 0 Å². The van der Waals surface area contributed by atoms with E-state index in [1.165, 1.54) is 41.0 Å². The third-order valence-corrected chi connectivity index (χ3v) is 4.50. The highest BCUT2D eigenvalue weighted by Crippen LogP contribution is 2.14. The lowest BCUT2D eigenvalue weighted by Crippen LogP contribution is -2.14. The minimum absolute atomic E-state index is 0.189. The zero-order valence-electron chi connectivity index (χ0n) is 14.7.